The van der Waals surface area contributed by atoms with Crippen LogP contribution in [0.15, 0.2) is 41.0 Å². The minimum atomic E-state index is -0.367. The molecule has 76 valence electrons. The zero-order valence-corrected chi connectivity index (χ0v) is 8.65. The normalized spacial score (nSPS) is 18.5. The highest BCUT2D eigenvalue weighted by atomic mass is 16.6. The number of esters is 1. The summed E-state index contributed by atoms with van der Waals surface area (Å²) in [5.74, 6) is 0.0409. The lowest BCUT2D eigenvalue weighted by Gasteiger charge is -2.01. The van der Waals surface area contributed by atoms with Gasteiger partial charge in [0.25, 0.3) is 0 Å². The summed E-state index contributed by atoms with van der Waals surface area (Å²) < 4.78 is 4.87. The van der Waals surface area contributed by atoms with Crippen LogP contribution in [0, 0.1) is 0 Å². The quantitative estimate of drug-likeness (QED) is 0.517. The summed E-state index contributed by atoms with van der Waals surface area (Å²) in [5, 5.41) is 0. The maximum atomic E-state index is 11.4. The van der Waals surface area contributed by atoms with Gasteiger partial charge in [0.05, 0.1) is 0 Å². The van der Waals surface area contributed by atoms with Crippen molar-refractivity contribution in [2.75, 3.05) is 0 Å². The third-order valence-electron chi connectivity index (χ3n) is 2.27. The van der Waals surface area contributed by atoms with Gasteiger partial charge in [0.1, 0.15) is 0 Å². The molecule has 0 amide bonds. The molecule has 3 nitrogen and oxygen atoms in total. The first-order chi connectivity index (χ1) is 7.18. The van der Waals surface area contributed by atoms with E-state index < -0.39 is 0 Å². The monoisotopic (exact) mass is 201 g/mol. The number of carbonyl (C=O) groups is 1. The first kappa shape index (κ1) is 9.65. The van der Waals surface area contributed by atoms with Crippen molar-refractivity contribution >= 4 is 17.4 Å². The van der Waals surface area contributed by atoms with E-state index in [9.17, 15) is 4.79 Å². The van der Waals surface area contributed by atoms with E-state index in [2.05, 4.69) is 4.99 Å². The molecule has 0 spiro atoms. The van der Waals surface area contributed by atoms with Crippen molar-refractivity contribution in [3.8, 4) is 0 Å². The average Bonchev–Trinajstić information content (AvgIpc) is 2.58. The van der Waals surface area contributed by atoms with Gasteiger partial charge in [-0.2, -0.15) is 0 Å². The molecule has 15 heavy (non-hydrogen) atoms. The molecule has 0 saturated heterocycles. The van der Waals surface area contributed by atoms with Crippen LogP contribution in [0.25, 0.3) is 5.57 Å². The van der Waals surface area contributed by atoms with Gasteiger partial charge in [-0.3, -0.25) is 0 Å². The summed E-state index contributed by atoms with van der Waals surface area (Å²) in [6.07, 6.45) is 0. The molecule has 0 unspecified atom stereocenters. The summed E-state index contributed by atoms with van der Waals surface area (Å²) in [5.41, 5.74) is 2.24. The van der Waals surface area contributed by atoms with Crippen LogP contribution in [0.3, 0.4) is 0 Å². The van der Waals surface area contributed by atoms with Gasteiger partial charge in [-0.15, -0.1) is 0 Å². The van der Waals surface area contributed by atoms with E-state index in [-0.39, 0.29) is 5.97 Å². The number of rotatable bonds is 1. The Morgan fingerprint density at radius 3 is 2.47 bits per heavy atom. The van der Waals surface area contributed by atoms with Gasteiger partial charge >= 0.3 is 5.97 Å². The third kappa shape index (κ3) is 1.81. The number of allylic oxidation sites excluding steroid dienone is 1. The van der Waals surface area contributed by atoms with Crippen molar-refractivity contribution in [3.05, 3.63) is 41.6 Å². The second-order valence-corrected chi connectivity index (χ2v) is 3.36. The molecule has 0 radical (unpaired) electrons. The lowest BCUT2D eigenvalue weighted by atomic mass is 10.1. The van der Waals surface area contributed by atoms with Gasteiger partial charge in [0.15, 0.2) is 11.6 Å². The Bertz CT molecular complexity index is 458. The van der Waals surface area contributed by atoms with E-state index >= 15 is 0 Å². The largest absolute Gasteiger partial charge is 0.407 e. The highest BCUT2D eigenvalue weighted by molar-refractivity contribution is 6.08. The van der Waals surface area contributed by atoms with Crippen molar-refractivity contribution in [2.45, 2.75) is 13.8 Å². The summed E-state index contributed by atoms with van der Waals surface area (Å²) in [6, 6.07) is 9.67. The number of ether oxygens (including phenoxy) is 1. The molecule has 0 aliphatic carbocycles. The van der Waals surface area contributed by atoms with E-state index in [4.69, 9.17) is 4.74 Å². The molecule has 0 fully saturated rings. The molecule has 1 aromatic carbocycles. The highest BCUT2D eigenvalue weighted by Crippen LogP contribution is 2.23. The molecule has 1 heterocycles. The minimum Gasteiger partial charge on any atom is -0.407 e. The zero-order valence-electron chi connectivity index (χ0n) is 8.65. The Labute approximate surface area is 88.1 Å². The fourth-order valence-corrected chi connectivity index (χ4v) is 1.47. The van der Waals surface area contributed by atoms with Gasteiger partial charge in [0, 0.05) is 6.92 Å². The zero-order chi connectivity index (χ0) is 10.8. The van der Waals surface area contributed by atoms with Crippen molar-refractivity contribution in [1.29, 1.82) is 0 Å². The predicted molar refractivity (Wildman–Crippen MR) is 58.2 cm³/mol. The summed E-state index contributed by atoms with van der Waals surface area (Å²) in [6.45, 7) is 3.54. The number of aliphatic imine (C=N–C) groups is 1. The smallest absolute Gasteiger partial charge is 0.363 e. The van der Waals surface area contributed by atoms with Gasteiger partial charge in [0.2, 0.25) is 0 Å². The second-order valence-electron chi connectivity index (χ2n) is 3.36. The van der Waals surface area contributed by atoms with Crippen molar-refractivity contribution < 1.29 is 9.53 Å². The Morgan fingerprint density at radius 1 is 1.27 bits per heavy atom. The Morgan fingerprint density at radius 2 is 1.93 bits per heavy atom. The van der Waals surface area contributed by atoms with Crippen LogP contribution in [0.4, 0.5) is 0 Å². The SMILES string of the molecule is CC1=N/C(=C(/C)c2ccccc2)C(=O)O1. The van der Waals surface area contributed by atoms with Crippen molar-refractivity contribution in [2.24, 2.45) is 4.99 Å². The molecular weight excluding hydrogens is 190 g/mol. The molecule has 0 N–H and O–H groups in total. The maximum Gasteiger partial charge on any atom is 0.363 e. The standard InChI is InChI=1S/C12H11NO2/c1-8(10-6-4-3-5-7-10)11-12(14)15-9(2)13-11/h3-7H,1-2H3/b11-8-. The van der Waals surface area contributed by atoms with Gasteiger partial charge in [-0.05, 0) is 18.1 Å². The molecular formula is C12H11NO2. The van der Waals surface area contributed by atoms with Gasteiger partial charge < -0.3 is 4.74 Å². The minimum absolute atomic E-state index is 0.367. The third-order valence-corrected chi connectivity index (χ3v) is 2.27. The molecule has 1 aliphatic rings. The maximum absolute atomic E-state index is 11.4. The average molecular weight is 201 g/mol. The number of hydrogen-bond acceptors (Lipinski definition) is 3. The Balaban J connectivity index is 2.47. The van der Waals surface area contributed by atoms with E-state index in [1.165, 1.54) is 0 Å². The van der Waals surface area contributed by atoms with Gasteiger partial charge in [-0.1, -0.05) is 30.3 Å². The highest BCUT2D eigenvalue weighted by Gasteiger charge is 2.22. The lowest BCUT2D eigenvalue weighted by Crippen LogP contribution is -2.01. The molecule has 0 saturated carbocycles. The van der Waals surface area contributed by atoms with E-state index in [1.54, 1.807) is 6.92 Å². The molecule has 3 heteroatoms. The molecule has 0 aromatic heterocycles. The first-order valence-electron chi connectivity index (χ1n) is 4.72. The van der Waals surface area contributed by atoms with Crippen molar-refractivity contribution in [1.82, 2.24) is 0 Å². The number of nitrogens with zero attached hydrogens (tertiary/aromatic N) is 1. The van der Waals surface area contributed by atoms with Crippen LogP contribution >= 0.6 is 0 Å². The van der Waals surface area contributed by atoms with Crippen LogP contribution < -0.4 is 0 Å². The van der Waals surface area contributed by atoms with Crippen LogP contribution in [0.1, 0.15) is 19.4 Å². The van der Waals surface area contributed by atoms with E-state index in [0.29, 0.717) is 11.6 Å². The molecule has 1 aliphatic heterocycles. The number of benzene rings is 1. The van der Waals surface area contributed by atoms with Crippen LogP contribution in [-0.2, 0) is 9.53 Å². The number of hydrogen-bond donors (Lipinski definition) is 0. The summed E-state index contributed by atoms with van der Waals surface area (Å²) >= 11 is 0. The Hall–Kier alpha value is -1.90. The number of cyclic esters (lactones) is 1. The topological polar surface area (TPSA) is 38.7 Å². The first-order valence-corrected chi connectivity index (χ1v) is 4.72. The van der Waals surface area contributed by atoms with Crippen LogP contribution in [0.5, 0.6) is 0 Å². The fourth-order valence-electron chi connectivity index (χ4n) is 1.47. The van der Waals surface area contributed by atoms with Crippen molar-refractivity contribution in [3.63, 3.8) is 0 Å². The van der Waals surface area contributed by atoms with Crippen LogP contribution in [-0.4, -0.2) is 11.9 Å². The molecule has 0 atom stereocenters. The van der Waals surface area contributed by atoms with E-state index in [0.717, 1.165) is 11.1 Å². The van der Waals surface area contributed by atoms with Crippen LogP contribution in [0.2, 0.25) is 0 Å². The molecule has 1 aromatic rings. The second kappa shape index (κ2) is 3.69. The fraction of sp³-hybridized carbons (Fsp3) is 0.167. The number of carbonyl (C=O) groups excluding carboxylic acids is 1. The molecule has 2 rings (SSSR count). The van der Waals surface area contributed by atoms with E-state index in [1.807, 2.05) is 37.3 Å². The van der Waals surface area contributed by atoms with Gasteiger partial charge in [-0.25, -0.2) is 9.79 Å². The molecule has 0 bridgehead atoms. The summed E-state index contributed by atoms with van der Waals surface area (Å²) in [4.78, 5) is 15.5. The Kier molecular flexibility index (Phi) is 2.37. The lowest BCUT2D eigenvalue weighted by molar-refractivity contribution is -0.130. The predicted octanol–water partition coefficient (Wildman–Crippen LogP) is 2.39. The summed E-state index contributed by atoms with van der Waals surface area (Å²) in [7, 11) is 0.